The van der Waals surface area contributed by atoms with Crippen LogP contribution in [-0.2, 0) is 11.5 Å². The van der Waals surface area contributed by atoms with Crippen molar-refractivity contribution in [2.75, 3.05) is 27.2 Å². The zero-order valence-electron chi connectivity index (χ0n) is 18.0. The van der Waals surface area contributed by atoms with Gasteiger partial charge in [-0.2, -0.15) is 0 Å². The minimum atomic E-state index is 0.542. The summed E-state index contributed by atoms with van der Waals surface area (Å²) in [5.41, 5.74) is 2.20. The molecule has 0 spiro atoms. The molecule has 0 amide bonds. The summed E-state index contributed by atoms with van der Waals surface area (Å²) in [6.07, 6.45) is 0.999. The zero-order valence-corrected chi connectivity index (χ0v) is 18.8. The Morgan fingerprint density at radius 1 is 0.903 bits per heavy atom. The van der Waals surface area contributed by atoms with E-state index in [9.17, 15) is 0 Å². The lowest BCUT2D eigenvalue weighted by atomic mass is 10.1. The minimum absolute atomic E-state index is 0.542. The van der Waals surface area contributed by atoms with E-state index >= 15 is 0 Å². The Bertz CT molecular complexity index is 1110. The van der Waals surface area contributed by atoms with Crippen molar-refractivity contribution in [1.82, 2.24) is 15.1 Å². The van der Waals surface area contributed by atoms with Crippen LogP contribution in [0.2, 0.25) is 0 Å². The summed E-state index contributed by atoms with van der Waals surface area (Å²) in [6.45, 7) is 1.72. The summed E-state index contributed by atoms with van der Waals surface area (Å²) in [7, 11) is 4.13. The SMILES string of the molecule is CN(C)CCCOc1ccc(-c2nnc(CSCc3ccc4ccccc4c3)o2)cc1. The van der Waals surface area contributed by atoms with Gasteiger partial charge in [-0.3, -0.25) is 0 Å². The van der Waals surface area contributed by atoms with Crippen molar-refractivity contribution < 1.29 is 9.15 Å². The average molecular weight is 434 g/mol. The highest BCUT2D eigenvalue weighted by molar-refractivity contribution is 7.97. The van der Waals surface area contributed by atoms with Crippen molar-refractivity contribution in [2.45, 2.75) is 17.9 Å². The first kappa shape index (κ1) is 21.4. The van der Waals surface area contributed by atoms with Gasteiger partial charge in [0.25, 0.3) is 0 Å². The lowest BCUT2D eigenvalue weighted by Gasteiger charge is -2.10. The molecule has 0 saturated carbocycles. The van der Waals surface area contributed by atoms with Gasteiger partial charge in [0.05, 0.1) is 12.4 Å². The molecule has 0 saturated heterocycles. The molecule has 4 rings (SSSR count). The van der Waals surface area contributed by atoms with Crippen molar-refractivity contribution in [3.63, 3.8) is 0 Å². The minimum Gasteiger partial charge on any atom is -0.494 e. The van der Waals surface area contributed by atoms with E-state index in [0.29, 0.717) is 24.1 Å². The van der Waals surface area contributed by atoms with E-state index in [1.807, 2.05) is 24.3 Å². The summed E-state index contributed by atoms with van der Waals surface area (Å²) < 4.78 is 11.6. The van der Waals surface area contributed by atoms with Crippen molar-refractivity contribution in [1.29, 1.82) is 0 Å². The molecule has 0 bridgehead atoms. The predicted molar refractivity (Wildman–Crippen MR) is 127 cm³/mol. The number of ether oxygens (including phenoxy) is 1. The fourth-order valence-corrected chi connectivity index (χ4v) is 4.09. The van der Waals surface area contributed by atoms with Crippen molar-refractivity contribution in [3.8, 4) is 17.2 Å². The van der Waals surface area contributed by atoms with E-state index in [1.165, 1.54) is 16.3 Å². The summed E-state index contributed by atoms with van der Waals surface area (Å²) in [5.74, 6) is 3.63. The van der Waals surface area contributed by atoms with Gasteiger partial charge < -0.3 is 14.1 Å². The van der Waals surface area contributed by atoms with Crippen LogP contribution in [0.5, 0.6) is 5.75 Å². The fraction of sp³-hybridized carbons (Fsp3) is 0.280. The van der Waals surface area contributed by atoms with Gasteiger partial charge in [0.2, 0.25) is 11.8 Å². The molecule has 4 aromatic rings. The molecule has 6 heteroatoms. The van der Waals surface area contributed by atoms with Crippen LogP contribution in [0.4, 0.5) is 0 Å². The second kappa shape index (κ2) is 10.5. The van der Waals surface area contributed by atoms with Gasteiger partial charge in [-0.25, -0.2) is 0 Å². The van der Waals surface area contributed by atoms with Gasteiger partial charge in [0.15, 0.2) is 0 Å². The molecule has 0 atom stereocenters. The second-order valence-corrected chi connectivity index (χ2v) is 8.69. The molecule has 5 nitrogen and oxygen atoms in total. The number of rotatable bonds is 10. The molecule has 3 aromatic carbocycles. The highest BCUT2D eigenvalue weighted by Crippen LogP contribution is 2.25. The Balaban J connectivity index is 1.27. The molecule has 0 N–H and O–H groups in total. The molecule has 0 aliphatic rings. The third-order valence-electron chi connectivity index (χ3n) is 4.89. The monoisotopic (exact) mass is 433 g/mol. The number of fused-ring (bicyclic) bond motifs is 1. The van der Waals surface area contributed by atoms with Gasteiger partial charge in [-0.05, 0) is 61.1 Å². The molecule has 0 radical (unpaired) electrons. The number of benzene rings is 3. The van der Waals surface area contributed by atoms with Crippen LogP contribution in [-0.4, -0.2) is 42.3 Å². The smallest absolute Gasteiger partial charge is 0.247 e. The largest absolute Gasteiger partial charge is 0.494 e. The number of hydrogen-bond donors (Lipinski definition) is 0. The van der Waals surface area contributed by atoms with Crippen molar-refractivity contribution in [3.05, 3.63) is 78.2 Å². The van der Waals surface area contributed by atoms with Crippen LogP contribution in [0.15, 0.2) is 71.1 Å². The van der Waals surface area contributed by atoms with E-state index in [-0.39, 0.29) is 0 Å². The Hall–Kier alpha value is -2.83. The summed E-state index contributed by atoms with van der Waals surface area (Å²) in [5, 5.41) is 10.9. The summed E-state index contributed by atoms with van der Waals surface area (Å²) in [4.78, 5) is 2.15. The maximum Gasteiger partial charge on any atom is 0.247 e. The highest BCUT2D eigenvalue weighted by Gasteiger charge is 2.09. The topological polar surface area (TPSA) is 51.4 Å². The van der Waals surface area contributed by atoms with Crippen LogP contribution in [0.25, 0.3) is 22.2 Å². The predicted octanol–water partition coefficient (Wildman–Crippen LogP) is 5.65. The molecular weight excluding hydrogens is 406 g/mol. The maximum atomic E-state index is 5.85. The highest BCUT2D eigenvalue weighted by atomic mass is 32.2. The zero-order chi connectivity index (χ0) is 21.5. The molecule has 0 aliphatic carbocycles. The second-order valence-electron chi connectivity index (χ2n) is 7.70. The van der Waals surface area contributed by atoms with E-state index < -0.39 is 0 Å². The van der Waals surface area contributed by atoms with Gasteiger partial charge in [-0.15, -0.1) is 22.0 Å². The number of hydrogen-bond acceptors (Lipinski definition) is 6. The molecule has 160 valence electrons. The van der Waals surface area contributed by atoms with Crippen LogP contribution in [0.1, 0.15) is 17.9 Å². The van der Waals surface area contributed by atoms with Crippen LogP contribution >= 0.6 is 11.8 Å². The summed E-state index contributed by atoms with van der Waals surface area (Å²) >= 11 is 1.77. The molecule has 1 heterocycles. The molecule has 31 heavy (non-hydrogen) atoms. The van der Waals surface area contributed by atoms with Crippen LogP contribution in [0.3, 0.4) is 0 Å². The third-order valence-corrected chi connectivity index (χ3v) is 5.88. The van der Waals surface area contributed by atoms with E-state index in [4.69, 9.17) is 9.15 Å². The Morgan fingerprint density at radius 3 is 2.52 bits per heavy atom. The molecule has 0 unspecified atom stereocenters. The Kier molecular flexibility index (Phi) is 7.22. The number of thioether (sulfide) groups is 1. The molecule has 0 aliphatic heterocycles. The first-order chi connectivity index (χ1) is 15.2. The first-order valence-electron chi connectivity index (χ1n) is 10.4. The average Bonchev–Trinajstić information content (AvgIpc) is 3.26. The first-order valence-corrected chi connectivity index (χ1v) is 11.6. The third kappa shape index (κ3) is 6.09. The Morgan fingerprint density at radius 2 is 1.71 bits per heavy atom. The molecule has 1 aromatic heterocycles. The molecular formula is C25H27N3O2S. The standard InChI is InChI=1S/C25H27N3O2S/c1-28(2)14-5-15-29-23-12-10-21(11-13-23)25-27-26-24(30-25)18-31-17-19-8-9-20-6-3-4-7-22(20)16-19/h3-4,6-13,16H,5,14-15,17-18H2,1-2H3. The van der Waals surface area contributed by atoms with Gasteiger partial charge in [0, 0.05) is 17.9 Å². The van der Waals surface area contributed by atoms with Crippen molar-refractivity contribution in [2.24, 2.45) is 0 Å². The number of aromatic nitrogens is 2. The van der Waals surface area contributed by atoms with Gasteiger partial charge in [-0.1, -0.05) is 42.5 Å². The quantitative estimate of drug-likeness (QED) is 0.301. The van der Waals surface area contributed by atoms with Crippen LogP contribution < -0.4 is 4.74 Å². The van der Waals surface area contributed by atoms with Crippen molar-refractivity contribution >= 4 is 22.5 Å². The van der Waals surface area contributed by atoms with Gasteiger partial charge in [0.1, 0.15) is 5.75 Å². The Labute approximate surface area is 187 Å². The maximum absolute atomic E-state index is 5.85. The van der Waals surface area contributed by atoms with Gasteiger partial charge >= 0.3 is 0 Å². The summed E-state index contributed by atoms with van der Waals surface area (Å²) in [6, 6.07) is 22.8. The lowest BCUT2D eigenvalue weighted by Crippen LogP contribution is -2.15. The van der Waals surface area contributed by atoms with E-state index in [1.54, 1.807) is 11.8 Å². The number of nitrogens with zero attached hydrogens (tertiary/aromatic N) is 3. The van der Waals surface area contributed by atoms with Crippen LogP contribution in [0, 0.1) is 0 Å². The normalized spacial score (nSPS) is 11.3. The van der Waals surface area contributed by atoms with E-state index in [2.05, 4.69) is 71.7 Å². The molecule has 0 fully saturated rings. The van der Waals surface area contributed by atoms with E-state index in [0.717, 1.165) is 30.0 Å². The lowest BCUT2D eigenvalue weighted by molar-refractivity contribution is 0.281. The fourth-order valence-electron chi connectivity index (χ4n) is 3.28.